The molecule has 166 valence electrons. The highest BCUT2D eigenvalue weighted by atomic mass is 32.2. The summed E-state index contributed by atoms with van der Waals surface area (Å²) in [5, 5.41) is 2.95. The normalized spacial score (nSPS) is 17.7. The van der Waals surface area contributed by atoms with E-state index < -0.39 is 10.0 Å². The molecule has 7 nitrogen and oxygen atoms in total. The van der Waals surface area contributed by atoms with Gasteiger partial charge in [-0.25, -0.2) is 8.42 Å². The summed E-state index contributed by atoms with van der Waals surface area (Å²) < 4.78 is 38.9. The molecule has 0 saturated carbocycles. The van der Waals surface area contributed by atoms with Crippen LogP contribution in [-0.4, -0.2) is 44.9 Å². The lowest BCUT2D eigenvalue weighted by Gasteiger charge is -2.26. The van der Waals surface area contributed by atoms with E-state index in [9.17, 15) is 13.2 Å². The van der Waals surface area contributed by atoms with Gasteiger partial charge in [0.15, 0.2) is 11.5 Å². The van der Waals surface area contributed by atoms with Crippen LogP contribution in [0.5, 0.6) is 11.5 Å². The topological polar surface area (TPSA) is 84.9 Å². The summed E-state index contributed by atoms with van der Waals surface area (Å²) in [5.41, 5.74) is 1.85. The van der Waals surface area contributed by atoms with Crippen LogP contribution in [0.4, 0.5) is 0 Å². The zero-order chi connectivity index (χ0) is 22.0. The van der Waals surface area contributed by atoms with Crippen LogP contribution in [0.1, 0.15) is 53.7 Å². The minimum atomic E-state index is -3.62. The van der Waals surface area contributed by atoms with Gasteiger partial charge in [-0.15, -0.1) is 0 Å². The minimum absolute atomic E-state index is 0.203. The average molecular weight is 445 g/mol. The summed E-state index contributed by atoms with van der Waals surface area (Å²) in [7, 11) is -3.62. The number of sulfonamides is 1. The van der Waals surface area contributed by atoms with Crippen molar-refractivity contribution >= 4 is 15.9 Å². The summed E-state index contributed by atoms with van der Waals surface area (Å²) in [5.74, 6) is 1.03. The largest absolute Gasteiger partial charge is 0.486 e. The van der Waals surface area contributed by atoms with E-state index >= 15 is 0 Å². The van der Waals surface area contributed by atoms with Crippen LogP contribution in [0.15, 0.2) is 41.3 Å². The summed E-state index contributed by atoms with van der Waals surface area (Å²) in [6.07, 6.45) is 2.78. The molecule has 1 saturated heterocycles. The Labute approximate surface area is 183 Å². The second-order valence-electron chi connectivity index (χ2n) is 8.04. The Kier molecular flexibility index (Phi) is 6.20. The quantitative estimate of drug-likeness (QED) is 0.764. The maximum atomic E-state index is 13.1. The average Bonchev–Trinajstić information content (AvgIpc) is 2.79. The molecule has 0 aromatic heterocycles. The maximum Gasteiger partial charge on any atom is 0.251 e. The third-order valence-electron chi connectivity index (χ3n) is 5.80. The van der Waals surface area contributed by atoms with E-state index in [1.54, 1.807) is 19.1 Å². The van der Waals surface area contributed by atoms with Crippen LogP contribution in [0.25, 0.3) is 0 Å². The predicted molar refractivity (Wildman–Crippen MR) is 117 cm³/mol. The van der Waals surface area contributed by atoms with Gasteiger partial charge in [0, 0.05) is 18.7 Å². The molecule has 2 heterocycles. The van der Waals surface area contributed by atoms with Crippen LogP contribution >= 0.6 is 0 Å². The number of rotatable bonds is 5. The Bertz CT molecular complexity index is 1080. The van der Waals surface area contributed by atoms with E-state index in [2.05, 4.69) is 5.32 Å². The van der Waals surface area contributed by atoms with Crippen molar-refractivity contribution in [3.8, 4) is 11.5 Å². The molecule has 2 aliphatic heterocycles. The molecule has 4 rings (SSSR count). The molecule has 8 heteroatoms. The molecule has 1 atom stereocenters. The number of nitrogens with zero attached hydrogens (tertiary/aromatic N) is 1. The third kappa shape index (κ3) is 4.55. The number of fused-ring (bicyclic) bond motifs is 1. The number of hydrogen-bond donors (Lipinski definition) is 1. The van der Waals surface area contributed by atoms with E-state index in [1.807, 2.05) is 25.1 Å². The van der Waals surface area contributed by atoms with Crippen LogP contribution < -0.4 is 14.8 Å². The van der Waals surface area contributed by atoms with Crippen molar-refractivity contribution in [2.75, 3.05) is 26.3 Å². The first-order valence-corrected chi connectivity index (χ1v) is 12.1. The number of carbonyl (C=O) groups excluding carboxylic acids is 1. The monoisotopic (exact) mass is 444 g/mol. The molecule has 1 N–H and O–H groups in total. The first kappa shape index (κ1) is 21.6. The molecule has 2 aromatic carbocycles. The molecule has 2 aliphatic rings. The van der Waals surface area contributed by atoms with Gasteiger partial charge in [-0.2, -0.15) is 4.31 Å². The second kappa shape index (κ2) is 8.88. The van der Waals surface area contributed by atoms with Gasteiger partial charge in [0.1, 0.15) is 13.2 Å². The highest BCUT2D eigenvalue weighted by Crippen LogP contribution is 2.32. The zero-order valence-electron chi connectivity index (χ0n) is 17.9. The van der Waals surface area contributed by atoms with Crippen molar-refractivity contribution in [1.82, 2.24) is 9.62 Å². The standard InChI is InChI=1S/C23H28N2O5S/c1-16-6-7-19(15-22(16)31(27,28)25-10-4-3-5-11-25)23(26)24-17(2)18-8-9-20-21(14-18)30-13-12-29-20/h6-9,14-15,17H,3-5,10-13H2,1-2H3,(H,24,26)/t17-/m1/s1. The number of amides is 1. The Morgan fingerprint density at radius 2 is 1.71 bits per heavy atom. The molecule has 0 spiro atoms. The molecule has 0 bridgehead atoms. The predicted octanol–water partition coefficient (Wildman–Crippen LogP) is 3.43. The number of aryl methyl sites for hydroxylation is 1. The molecule has 1 amide bonds. The molecule has 0 radical (unpaired) electrons. The fourth-order valence-electron chi connectivity index (χ4n) is 3.96. The van der Waals surface area contributed by atoms with E-state index in [1.165, 1.54) is 10.4 Å². The summed E-state index contributed by atoms with van der Waals surface area (Å²) >= 11 is 0. The third-order valence-corrected chi connectivity index (χ3v) is 7.84. The van der Waals surface area contributed by atoms with Crippen LogP contribution in [-0.2, 0) is 10.0 Å². The van der Waals surface area contributed by atoms with Crippen molar-refractivity contribution in [2.45, 2.75) is 44.0 Å². The number of benzene rings is 2. The van der Waals surface area contributed by atoms with Gasteiger partial charge in [-0.05, 0) is 62.1 Å². The summed E-state index contributed by atoms with van der Waals surface area (Å²) in [6, 6.07) is 10.1. The number of carbonyl (C=O) groups is 1. The van der Waals surface area contributed by atoms with E-state index in [-0.39, 0.29) is 16.8 Å². The van der Waals surface area contributed by atoms with Gasteiger partial charge in [-0.1, -0.05) is 18.6 Å². The molecule has 31 heavy (non-hydrogen) atoms. The van der Waals surface area contributed by atoms with Crippen molar-refractivity contribution < 1.29 is 22.7 Å². The van der Waals surface area contributed by atoms with Crippen molar-refractivity contribution in [3.63, 3.8) is 0 Å². The number of piperidine rings is 1. The van der Waals surface area contributed by atoms with Gasteiger partial charge in [0.2, 0.25) is 10.0 Å². The number of ether oxygens (including phenoxy) is 2. The lowest BCUT2D eigenvalue weighted by atomic mass is 10.1. The molecular weight excluding hydrogens is 416 g/mol. The van der Waals surface area contributed by atoms with Crippen molar-refractivity contribution in [3.05, 3.63) is 53.1 Å². The Morgan fingerprint density at radius 1 is 1.00 bits per heavy atom. The van der Waals surface area contributed by atoms with Gasteiger partial charge in [0.25, 0.3) is 5.91 Å². The van der Waals surface area contributed by atoms with Gasteiger partial charge in [0.05, 0.1) is 10.9 Å². The maximum absolute atomic E-state index is 13.1. The van der Waals surface area contributed by atoms with E-state index in [0.717, 1.165) is 24.8 Å². The lowest BCUT2D eigenvalue weighted by molar-refractivity contribution is 0.0939. The SMILES string of the molecule is Cc1ccc(C(=O)N[C@H](C)c2ccc3c(c2)OCCO3)cc1S(=O)(=O)N1CCCCC1. The Morgan fingerprint density at radius 3 is 2.45 bits per heavy atom. The van der Waals surface area contributed by atoms with Crippen molar-refractivity contribution in [2.24, 2.45) is 0 Å². The molecule has 2 aromatic rings. The van der Waals surface area contributed by atoms with Crippen LogP contribution in [0.3, 0.4) is 0 Å². The summed E-state index contributed by atoms with van der Waals surface area (Å²) in [6.45, 7) is 5.71. The van der Waals surface area contributed by atoms with Crippen LogP contribution in [0, 0.1) is 6.92 Å². The zero-order valence-corrected chi connectivity index (χ0v) is 18.7. The van der Waals surface area contributed by atoms with E-state index in [0.29, 0.717) is 48.9 Å². The summed E-state index contributed by atoms with van der Waals surface area (Å²) in [4.78, 5) is 13.1. The Balaban J connectivity index is 1.53. The highest BCUT2D eigenvalue weighted by Gasteiger charge is 2.28. The first-order valence-electron chi connectivity index (χ1n) is 10.7. The first-order chi connectivity index (χ1) is 14.9. The highest BCUT2D eigenvalue weighted by molar-refractivity contribution is 7.89. The molecule has 0 unspecified atom stereocenters. The molecule has 0 aliphatic carbocycles. The lowest BCUT2D eigenvalue weighted by Crippen LogP contribution is -2.36. The smallest absolute Gasteiger partial charge is 0.251 e. The Hall–Kier alpha value is -2.58. The fourth-order valence-corrected chi connectivity index (χ4v) is 5.72. The van der Waals surface area contributed by atoms with Crippen LogP contribution in [0.2, 0.25) is 0 Å². The van der Waals surface area contributed by atoms with Gasteiger partial charge in [-0.3, -0.25) is 4.79 Å². The number of hydrogen-bond acceptors (Lipinski definition) is 5. The minimum Gasteiger partial charge on any atom is -0.486 e. The van der Waals surface area contributed by atoms with Crippen molar-refractivity contribution in [1.29, 1.82) is 0 Å². The fraction of sp³-hybridized carbons (Fsp3) is 0.435. The van der Waals surface area contributed by atoms with Gasteiger partial charge < -0.3 is 14.8 Å². The van der Waals surface area contributed by atoms with E-state index in [4.69, 9.17) is 9.47 Å². The molecule has 1 fully saturated rings. The second-order valence-corrected chi connectivity index (χ2v) is 9.95. The molecular formula is C23H28N2O5S. The van der Waals surface area contributed by atoms with Gasteiger partial charge >= 0.3 is 0 Å². The number of nitrogens with one attached hydrogen (secondary N) is 1.